The predicted molar refractivity (Wildman–Crippen MR) is 83.5 cm³/mol. The normalized spacial score (nSPS) is 22.4. The van der Waals surface area contributed by atoms with E-state index in [1.165, 1.54) is 0 Å². The lowest BCUT2D eigenvalue weighted by molar-refractivity contribution is -0.150. The molecule has 1 aliphatic rings. The zero-order chi connectivity index (χ0) is 14.8. The third-order valence-electron chi connectivity index (χ3n) is 4.19. The van der Waals surface area contributed by atoms with E-state index in [4.69, 9.17) is 0 Å². The second kappa shape index (κ2) is 6.22. The van der Waals surface area contributed by atoms with Gasteiger partial charge in [-0.2, -0.15) is 0 Å². The standard InChI is InChI=1S/C15H22BrN3O/c1-18(2)14(20)15(10-11-19(15)3)9-5-7-12-6-4-8-13(16)17-12/h4,6,8H,5,7,9-11H2,1-3H3/t15-/m0/s1. The number of pyridine rings is 1. The average molecular weight is 340 g/mol. The highest BCUT2D eigenvalue weighted by Crippen LogP contribution is 2.35. The first-order valence-electron chi connectivity index (χ1n) is 7.00. The fourth-order valence-corrected chi connectivity index (χ4v) is 3.25. The minimum atomic E-state index is -0.282. The van der Waals surface area contributed by atoms with E-state index in [0.29, 0.717) is 0 Å². The van der Waals surface area contributed by atoms with Gasteiger partial charge in [-0.3, -0.25) is 9.69 Å². The lowest BCUT2D eigenvalue weighted by atomic mass is 9.79. The van der Waals surface area contributed by atoms with E-state index in [1.807, 2.05) is 39.3 Å². The van der Waals surface area contributed by atoms with Crippen LogP contribution < -0.4 is 0 Å². The summed E-state index contributed by atoms with van der Waals surface area (Å²) in [4.78, 5) is 20.8. The van der Waals surface area contributed by atoms with Gasteiger partial charge in [-0.1, -0.05) is 6.07 Å². The Bertz CT molecular complexity index is 492. The molecule has 1 atom stereocenters. The van der Waals surface area contributed by atoms with Gasteiger partial charge in [0.15, 0.2) is 0 Å². The highest BCUT2D eigenvalue weighted by Gasteiger charge is 2.48. The van der Waals surface area contributed by atoms with Gasteiger partial charge in [0.1, 0.15) is 10.1 Å². The maximum atomic E-state index is 12.4. The molecule has 0 unspecified atom stereocenters. The summed E-state index contributed by atoms with van der Waals surface area (Å²) in [6.45, 7) is 1.01. The van der Waals surface area contributed by atoms with Crippen LogP contribution in [0, 0.1) is 0 Å². The van der Waals surface area contributed by atoms with Crippen molar-refractivity contribution in [1.29, 1.82) is 0 Å². The molecule has 2 heterocycles. The van der Waals surface area contributed by atoms with Crippen molar-refractivity contribution in [3.05, 3.63) is 28.5 Å². The zero-order valence-corrected chi connectivity index (χ0v) is 14.0. The number of nitrogens with zero attached hydrogens (tertiary/aromatic N) is 3. The number of hydrogen-bond donors (Lipinski definition) is 0. The number of aromatic nitrogens is 1. The molecular formula is C15H22BrN3O. The number of amides is 1. The quantitative estimate of drug-likeness (QED) is 0.772. The van der Waals surface area contributed by atoms with E-state index in [1.54, 1.807) is 4.90 Å². The molecule has 0 N–H and O–H groups in total. The van der Waals surface area contributed by atoms with Crippen molar-refractivity contribution >= 4 is 21.8 Å². The van der Waals surface area contributed by atoms with Gasteiger partial charge in [-0.15, -0.1) is 0 Å². The van der Waals surface area contributed by atoms with Gasteiger partial charge in [0.2, 0.25) is 5.91 Å². The summed E-state index contributed by atoms with van der Waals surface area (Å²) in [6.07, 6.45) is 3.75. The van der Waals surface area contributed by atoms with E-state index in [9.17, 15) is 4.79 Å². The van der Waals surface area contributed by atoms with E-state index >= 15 is 0 Å². The fourth-order valence-electron chi connectivity index (χ4n) is 2.87. The van der Waals surface area contributed by atoms with Gasteiger partial charge >= 0.3 is 0 Å². The monoisotopic (exact) mass is 339 g/mol. The van der Waals surface area contributed by atoms with E-state index in [2.05, 4.69) is 25.8 Å². The van der Waals surface area contributed by atoms with Crippen LogP contribution in [0.4, 0.5) is 0 Å². The number of carbonyl (C=O) groups excluding carboxylic acids is 1. The van der Waals surface area contributed by atoms with Crippen LogP contribution in [-0.4, -0.2) is 53.9 Å². The molecule has 110 valence electrons. The van der Waals surface area contributed by atoms with Crippen LogP contribution in [0.3, 0.4) is 0 Å². The van der Waals surface area contributed by atoms with Gasteiger partial charge in [-0.05, 0) is 60.8 Å². The Hall–Kier alpha value is -0.940. The van der Waals surface area contributed by atoms with Gasteiger partial charge in [0, 0.05) is 26.3 Å². The number of halogens is 1. The summed E-state index contributed by atoms with van der Waals surface area (Å²) in [5, 5.41) is 0. The molecule has 0 saturated carbocycles. The van der Waals surface area contributed by atoms with Crippen LogP contribution >= 0.6 is 15.9 Å². The minimum absolute atomic E-state index is 0.230. The molecular weight excluding hydrogens is 318 g/mol. The largest absolute Gasteiger partial charge is 0.347 e. The first-order chi connectivity index (χ1) is 9.45. The van der Waals surface area contributed by atoms with Crippen LogP contribution in [0.15, 0.2) is 22.8 Å². The third kappa shape index (κ3) is 3.04. The Morgan fingerprint density at radius 1 is 1.50 bits per heavy atom. The van der Waals surface area contributed by atoms with Crippen LogP contribution in [0.5, 0.6) is 0 Å². The Morgan fingerprint density at radius 2 is 2.25 bits per heavy atom. The van der Waals surface area contributed by atoms with Crippen LogP contribution in [-0.2, 0) is 11.2 Å². The average Bonchev–Trinajstić information content (AvgIpc) is 2.41. The number of carbonyl (C=O) groups is 1. The zero-order valence-electron chi connectivity index (χ0n) is 12.4. The molecule has 1 fully saturated rings. The number of hydrogen-bond acceptors (Lipinski definition) is 3. The highest BCUT2D eigenvalue weighted by atomic mass is 79.9. The molecule has 0 aromatic carbocycles. The smallest absolute Gasteiger partial charge is 0.242 e. The summed E-state index contributed by atoms with van der Waals surface area (Å²) >= 11 is 3.39. The number of likely N-dealkylation sites (tertiary alicyclic amines) is 1. The lowest BCUT2D eigenvalue weighted by Crippen LogP contribution is -2.65. The summed E-state index contributed by atoms with van der Waals surface area (Å²) in [7, 11) is 5.72. The van der Waals surface area contributed by atoms with E-state index < -0.39 is 0 Å². The SMILES string of the molecule is CN(C)C(=O)[C@]1(CCCc2cccc(Br)n2)CCN1C. The number of aryl methyl sites for hydroxylation is 1. The van der Waals surface area contributed by atoms with Crippen molar-refractivity contribution in [2.45, 2.75) is 31.2 Å². The molecule has 4 nitrogen and oxygen atoms in total. The molecule has 0 bridgehead atoms. The summed E-state index contributed by atoms with van der Waals surface area (Å²) in [5.74, 6) is 0.230. The Labute approximate surface area is 129 Å². The molecule has 1 aromatic heterocycles. The molecule has 5 heteroatoms. The maximum absolute atomic E-state index is 12.4. The van der Waals surface area contributed by atoms with Gasteiger partial charge in [0.25, 0.3) is 0 Å². The Kier molecular flexibility index (Phi) is 4.81. The molecule has 1 aromatic rings. The van der Waals surface area contributed by atoms with Gasteiger partial charge in [0.05, 0.1) is 0 Å². The summed E-state index contributed by atoms with van der Waals surface area (Å²) < 4.78 is 0.870. The topological polar surface area (TPSA) is 36.4 Å². The second-order valence-corrected chi connectivity index (χ2v) is 6.52. The van der Waals surface area contributed by atoms with Crippen molar-refractivity contribution in [3.8, 4) is 0 Å². The number of likely N-dealkylation sites (N-methyl/N-ethyl adjacent to an activating group) is 2. The van der Waals surface area contributed by atoms with Crippen LogP contribution in [0.2, 0.25) is 0 Å². The molecule has 0 radical (unpaired) electrons. The van der Waals surface area contributed by atoms with Crippen molar-refractivity contribution in [3.63, 3.8) is 0 Å². The fraction of sp³-hybridized carbons (Fsp3) is 0.600. The van der Waals surface area contributed by atoms with Crippen LogP contribution in [0.25, 0.3) is 0 Å². The van der Waals surface area contributed by atoms with E-state index in [-0.39, 0.29) is 11.4 Å². The molecule has 20 heavy (non-hydrogen) atoms. The molecule has 0 spiro atoms. The lowest BCUT2D eigenvalue weighted by Gasteiger charge is -2.50. The molecule has 1 amide bonds. The second-order valence-electron chi connectivity index (χ2n) is 5.71. The Balaban J connectivity index is 1.95. The highest BCUT2D eigenvalue weighted by molar-refractivity contribution is 9.10. The summed E-state index contributed by atoms with van der Waals surface area (Å²) in [5.41, 5.74) is 0.795. The minimum Gasteiger partial charge on any atom is -0.347 e. The maximum Gasteiger partial charge on any atom is 0.242 e. The molecule has 1 aliphatic heterocycles. The Morgan fingerprint density at radius 3 is 2.75 bits per heavy atom. The van der Waals surface area contributed by atoms with Gasteiger partial charge in [-0.25, -0.2) is 4.98 Å². The van der Waals surface area contributed by atoms with Crippen LogP contribution in [0.1, 0.15) is 25.0 Å². The van der Waals surface area contributed by atoms with Crippen molar-refractivity contribution in [2.24, 2.45) is 0 Å². The molecule has 1 saturated heterocycles. The molecule has 0 aliphatic carbocycles. The number of rotatable bonds is 5. The predicted octanol–water partition coefficient (Wildman–Crippen LogP) is 2.33. The van der Waals surface area contributed by atoms with Crippen molar-refractivity contribution in [1.82, 2.24) is 14.8 Å². The van der Waals surface area contributed by atoms with Gasteiger partial charge < -0.3 is 4.90 Å². The van der Waals surface area contributed by atoms with Crippen molar-refractivity contribution < 1.29 is 4.79 Å². The van der Waals surface area contributed by atoms with Crippen molar-refractivity contribution in [2.75, 3.05) is 27.7 Å². The molecule has 2 rings (SSSR count). The van der Waals surface area contributed by atoms with E-state index in [0.717, 1.165) is 42.5 Å². The first kappa shape index (κ1) is 15.4. The third-order valence-corrected chi connectivity index (χ3v) is 4.63. The summed E-state index contributed by atoms with van der Waals surface area (Å²) in [6, 6.07) is 5.97. The first-order valence-corrected chi connectivity index (χ1v) is 7.79.